The number of pyridine rings is 2. The average Bonchev–Trinajstić information content (AvgIpc) is 3.27. The van der Waals surface area contributed by atoms with Crippen LogP contribution in [0.2, 0.25) is 0 Å². The van der Waals surface area contributed by atoms with Crippen molar-refractivity contribution in [3.63, 3.8) is 0 Å². The zero-order valence-corrected chi connectivity index (χ0v) is 11.0. The second kappa shape index (κ2) is 4.96. The van der Waals surface area contributed by atoms with Gasteiger partial charge in [-0.3, -0.25) is 14.8 Å². The number of hydrogen-bond donors (Lipinski definition) is 0. The monoisotopic (exact) mass is 255 g/mol. The van der Waals surface area contributed by atoms with Crippen molar-refractivity contribution in [1.29, 1.82) is 0 Å². The first-order valence-corrected chi connectivity index (χ1v) is 6.77. The largest absolute Gasteiger partial charge is 0.339 e. The second-order valence-corrected chi connectivity index (χ2v) is 5.05. The molecule has 2 heterocycles. The van der Waals surface area contributed by atoms with Crippen LogP contribution in [0.25, 0.3) is 10.9 Å². The fraction of sp³-hybridized carbons (Fsp3) is 0.400. The lowest BCUT2D eigenvalue weighted by atomic mass is 10.1. The summed E-state index contributed by atoms with van der Waals surface area (Å²) in [5, 5.41) is 0.913. The summed E-state index contributed by atoms with van der Waals surface area (Å²) in [6.45, 7) is 3.61. The van der Waals surface area contributed by atoms with Gasteiger partial charge in [0.25, 0.3) is 5.91 Å². The van der Waals surface area contributed by atoms with Gasteiger partial charge in [0, 0.05) is 37.1 Å². The Morgan fingerprint density at radius 3 is 3.00 bits per heavy atom. The van der Waals surface area contributed by atoms with Crippen LogP contribution < -0.4 is 0 Å². The summed E-state index contributed by atoms with van der Waals surface area (Å²) in [6, 6.07) is 3.79. The fourth-order valence-corrected chi connectivity index (χ4v) is 2.29. The van der Waals surface area contributed by atoms with E-state index in [1.165, 1.54) is 12.8 Å². The van der Waals surface area contributed by atoms with Gasteiger partial charge in [-0.25, -0.2) is 0 Å². The summed E-state index contributed by atoms with van der Waals surface area (Å²) in [6.07, 6.45) is 7.59. The normalized spacial score (nSPS) is 14.6. The third-order valence-electron chi connectivity index (χ3n) is 3.59. The number of rotatable bonds is 4. The maximum atomic E-state index is 12.6. The molecule has 0 bridgehead atoms. The summed E-state index contributed by atoms with van der Waals surface area (Å²) in [5.41, 5.74) is 1.36. The number of amides is 1. The number of carbonyl (C=O) groups excluding carboxylic acids is 1. The standard InChI is InChI=1S/C15H17N3O/c1-2-18(10-11-5-6-11)15(19)13-9-16-8-12-4-3-7-17-14(12)13/h3-4,7-9,11H,2,5-6,10H2,1H3. The molecule has 2 aromatic rings. The van der Waals surface area contributed by atoms with E-state index in [-0.39, 0.29) is 5.91 Å². The molecule has 98 valence electrons. The average molecular weight is 255 g/mol. The van der Waals surface area contributed by atoms with E-state index in [0.717, 1.165) is 24.0 Å². The van der Waals surface area contributed by atoms with Gasteiger partial charge in [-0.15, -0.1) is 0 Å². The molecule has 0 aliphatic heterocycles. The number of nitrogens with zero attached hydrogens (tertiary/aromatic N) is 3. The van der Waals surface area contributed by atoms with Crippen LogP contribution in [0.4, 0.5) is 0 Å². The van der Waals surface area contributed by atoms with E-state index in [0.29, 0.717) is 11.5 Å². The lowest BCUT2D eigenvalue weighted by Gasteiger charge is -2.21. The summed E-state index contributed by atoms with van der Waals surface area (Å²) in [4.78, 5) is 23.0. The summed E-state index contributed by atoms with van der Waals surface area (Å²) >= 11 is 0. The Morgan fingerprint density at radius 2 is 2.26 bits per heavy atom. The molecule has 1 fully saturated rings. The molecule has 0 saturated heterocycles. The number of fused-ring (bicyclic) bond motifs is 1. The van der Waals surface area contributed by atoms with Crippen LogP contribution in [0.5, 0.6) is 0 Å². The molecule has 0 unspecified atom stereocenters. The lowest BCUT2D eigenvalue weighted by Crippen LogP contribution is -2.33. The van der Waals surface area contributed by atoms with Crippen LogP contribution in [-0.2, 0) is 0 Å². The van der Waals surface area contributed by atoms with Crippen LogP contribution in [0.3, 0.4) is 0 Å². The Bertz CT molecular complexity index is 602. The van der Waals surface area contributed by atoms with Gasteiger partial charge < -0.3 is 4.90 Å². The highest BCUT2D eigenvalue weighted by molar-refractivity contribution is 6.04. The molecule has 3 rings (SSSR count). The first-order valence-electron chi connectivity index (χ1n) is 6.77. The van der Waals surface area contributed by atoms with Gasteiger partial charge in [-0.05, 0) is 37.8 Å². The zero-order chi connectivity index (χ0) is 13.2. The molecular formula is C15H17N3O. The van der Waals surface area contributed by atoms with E-state index in [2.05, 4.69) is 9.97 Å². The molecular weight excluding hydrogens is 238 g/mol. The number of hydrogen-bond acceptors (Lipinski definition) is 3. The molecule has 0 N–H and O–H groups in total. The van der Waals surface area contributed by atoms with Gasteiger partial charge >= 0.3 is 0 Å². The Hall–Kier alpha value is -1.97. The van der Waals surface area contributed by atoms with E-state index >= 15 is 0 Å². The van der Waals surface area contributed by atoms with E-state index in [1.54, 1.807) is 18.6 Å². The van der Waals surface area contributed by atoms with E-state index in [1.807, 2.05) is 24.0 Å². The Labute approximate surface area is 112 Å². The molecule has 19 heavy (non-hydrogen) atoms. The maximum Gasteiger partial charge on any atom is 0.257 e. The predicted molar refractivity (Wildman–Crippen MR) is 73.8 cm³/mol. The molecule has 0 atom stereocenters. The highest BCUT2D eigenvalue weighted by Gasteiger charge is 2.27. The van der Waals surface area contributed by atoms with Gasteiger partial charge in [-0.1, -0.05) is 0 Å². The minimum Gasteiger partial charge on any atom is -0.339 e. The van der Waals surface area contributed by atoms with Crippen molar-refractivity contribution in [3.8, 4) is 0 Å². The Balaban J connectivity index is 1.95. The van der Waals surface area contributed by atoms with Gasteiger partial charge in [0.2, 0.25) is 0 Å². The van der Waals surface area contributed by atoms with Crippen molar-refractivity contribution in [3.05, 3.63) is 36.3 Å². The molecule has 1 aliphatic carbocycles. The van der Waals surface area contributed by atoms with Crippen LogP contribution in [-0.4, -0.2) is 33.9 Å². The Morgan fingerprint density at radius 1 is 1.42 bits per heavy atom. The molecule has 0 spiro atoms. The first-order chi connectivity index (χ1) is 9.29. The fourth-order valence-electron chi connectivity index (χ4n) is 2.29. The van der Waals surface area contributed by atoms with Gasteiger partial charge in [0.1, 0.15) is 0 Å². The highest BCUT2D eigenvalue weighted by atomic mass is 16.2. The molecule has 4 nitrogen and oxygen atoms in total. The smallest absolute Gasteiger partial charge is 0.257 e. The SMILES string of the molecule is CCN(CC1CC1)C(=O)c1cncc2cccnc12. The van der Waals surface area contributed by atoms with Gasteiger partial charge in [0.05, 0.1) is 11.1 Å². The highest BCUT2D eigenvalue weighted by Crippen LogP contribution is 2.30. The van der Waals surface area contributed by atoms with E-state index in [9.17, 15) is 4.79 Å². The summed E-state index contributed by atoms with van der Waals surface area (Å²) in [7, 11) is 0. The van der Waals surface area contributed by atoms with E-state index in [4.69, 9.17) is 0 Å². The second-order valence-electron chi connectivity index (χ2n) is 5.05. The molecule has 2 aromatic heterocycles. The van der Waals surface area contributed by atoms with Gasteiger partial charge in [0.15, 0.2) is 0 Å². The van der Waals surface area contributed by atoms with Crippen molar-refractivity contribution in [2.45, 2.75) is 19.8 Å². The van der Waals surface area contributed by atoms with Crippen molar-refractivity contribution in [2.75, 3.05) is 13.1 Å². The van der Waals surface area contributed by atoms with Crippen LogP contribution in [0, 0.1) is 5.92 Å². The van der Waals surface area contributed by atoms with Crippen LogP contribution in [0.15, 0.2) is 30.7 Å². The van der Waals surface area contributed by atoms with Crippen LogP contribution >= 0.6 is 0 Å². The molecule has 1 aliphatic rings. The van der Waals surface area contributed by atoms with Crippen molar-refractivity contribution >= 4 is 16.8 Å². The Kier molecular flexibility index (Phi) is 3.15. The quantitative estimate of drug-likeness (QED) is 0.843. The minimum absolute atomic E-state index is 0.0474. The number of carbonyl (C=O) groups is 1. The van der Waals surface area contributed by atoms with Crippen molar-refractivity contribution in [2.24, 2.45) is 5.92 Å². The number of aromatic nitrogens is 2. The summed E-state index contributed by atoms with van der Waals surface area (Å²) in [5.74, 6) is 0.742. The lowest BCUT2D eigenvalue weighted by molar-refractivity contribution is 0.0758. The third-order valence-corrected chi connectivity index (χ3v) is 3.59. The van der Waals surface area contributed by atoms with Crippen molar-refractivity contribution in [1.82, 2.24) is 14.9 Å². The molecule has 0 radical (unpaired) electrons. The summed E-state index contributed by atoms with van der Waals surface area (Å²) < 4.78 is 0. The molecule has 1 saturated carbocycles. The van der Waals surface area contributed by atoms with Gasteiger partial charge in [-0.2, -0.15) is 0 Å². The topological polar surface area (TPSA) is 46.1 Å². The molecule has 4 heteroatoms. The molecule has 0 aromatic carbocycles. The first kappa shape index (κ1) is 12.1. The van der Waals surface area contributed by atoms with Crippen LogP contribution in [0.1, 0.15) is 30.1 Å². The van der Waals surface area contributed by atoms with Crippen molar-refractivity contribution < 1.29 is 4.79 Å². The molecule has 1 amide bonds. The zero-order valence-electron chi connectivity index (χ0n) is 11.0. The third kappa shape index (κ3) is 2.43. The predicted octanol–water partition coefficient (Wildman–Crippen LogP) is 2.50. The minimum atomic E-state index is 0.0474. The maximum absolute atomic E-state index is 12.6. The van der Waals surface area contributed by atoms with E-state index < -0.39 is 0 Å².